The van der Waals surface area contributed by atoms with E-state index in [0.29, 0.717) is 5.69 Å². The standard InChI is InChI=1S/C21H21N3O3/c1-26-16-7-3-5-14(11-16)18-13-19(23-22-18)21(25)24-10-9-20(24)15-6-4-8-17(12-15)27-2/h3-8,11-13,20H,9-10H2,1-2H3,(H,22,23). The molecule has 2 aromatic carbocycles. The van der Waals surface area contributed by atoms with E-state index >= 15 is 0 Å². The number of methoxy groups -OCH3 is 2. The summed E-state index contributed by atoms with van der Waals surface area (Å²) in [5, 5.41) is 7.18. The van der Waals surface area contributed by atoms with Gasteiger partial charge in [0.15, 0.2) is 0 Å². The summed E-state index contributed by atoms with van der Waals surface area (Å²) >= 11 is 0. The number of nitrogens with zero attached hydrogens (tertiary/aromatic N) is 2. The van der Waals surface area contributed by atoms with Crippen LogP contribution < -0.4 is 9.47 Å². The number of carbonyl (C=O) groups is 1. The Labute approximate surface area is 157 Å². The Balaban J connectivity index is 1.54. The van der Waals surface area contributed by atoms with Crippen molar-refractivity contribution >= 4 is 5.91 Å². The Hall–Kier alpha value is -3.28. The maximum absolute atomic E-state index is 12.9. The van der Waals surface area contributed by atoms with Crippen molar-refractivity contribution in [2.45, 2.75) is 12.5 Å². The summed E-state index contributed by atoms with van der Waals surface area (Å²) in [6.45, 7) is 0.730. The summed E-state index contributed by atoms with van der Waals surface area (Å²) in [6, 6.07) is 17.3. The first-order chi connectivity index (χ1) is 13.2. The van der Waals surface area contributed by atoms with E-state index in [4.69, 9.17) is 9.47 Å². The van der Waals surface area contributed by atoms with Crippen molar-refractivity contribution in [2.24, 2.45) is 0 Å². The van der Waals surface area contributed by atoms with Gasteiger partial charge in [-0.1, -0.05) is 24.3 Å². The molecule has 2 heterocycles. The summed E-state index contributed by atoms with van der Waals surface area (Å²) in [5.41, 5.74) is 3.19. The number of rotatable bonds is 5. The molecule has 27 heavy (non-hydrogen) atoms. The van der Waals surface area contributed by atoms with Crippen LogP contribution in [0.2, 0.25) is 0 Å². The molecule has 1 unspecified atom stereocenters. The lowest BCUT2D eigenvalue weighted by Gasteiger charge is -2.41. The molecule has 1 fully saturated rings. The van der Waals surface area contributed by atoms with Gasteiger partial charge in [-0.15, -0.1) is 0 Å². The molecule has 4 rings (SSSR count). The second-order valence-electron chi connectivity index (χ2n) is 6.48. The molecule has 1 amide bonds. The first kappa shape index (κ1) is 17.1. The van der Waals surface area contributed by atoms with Crippen LogP contribution in [0.1, 0.15) is 28.5 Å². The van der Waals surface area contributed by atoms with Crippen molar-refractivity contribution in [3.63, 3.8) is 0 Å². The molecule has 0 radical (unpaired) electrons. The van der Waals surface area contributed by atoms with Crippen LogP contribution in [0, 0.1) is 0 Å². The zero-order valence-corrected chi connectivity index (χ0v) is 15.3. The molecule has 1 aliphatic rings. The first-order valence-corrected chi connectivity index (χ1v) is 8.84. The second kappa shape index (κ2) is 7.15. The zero-order chi connectivity index (χ0) is 18.8. The molecule has 3 aromatic rings. The maximum atomic E-state index is 12.9. The molecule has 1 atom stereocenters. The molecule has 1 aromatic heterocycles. The third kappa shape index (κ3) is 3.26. The Bertz CT molecular complexity index is 967. The summed E-state index contributed by atoms with van der Waals surface area (Å²) in [5.74, 6) is 1.51. The Kier molecular flexibility index (Phi) is 4.54. The van der Waals surface area contributed by atoms with E-state index < -0.39 is 0 Å². The van der Waals surface area contributed by atoms with Gasteiger partial charge in [-0.3, -0.25) is 9.89 Å². The van der Waals surface area contributed by atoms with Crippen LogP contribution in [0.25, 0.3) is 11.3 Å². The minimum Gasteiger partial charge on any atom is -0.497 e. The smallest absolute Gasteiger partial charge is 0.272 e. The van der Waals surface area contributed by atoms with Gasteiger partial charge in [-0.25, -0.2) is 0 Å². The van der Waals surface area contributed by atoms with E-state index in [0.717, 1.165) is 41.3 Å². The van der Waals surface area contributed by atoms with Gasteiger partial charge in [0.05, 0.1) is 26.0 Å². The van der Waals surface area contributed by atoms with Crippen molar-refractivity contribution in [1.82, 2.24) is 15.1 Å². The molecule has 0 spiro atoms. The molecule has 0 aliphatic carbocycles. The number of amides is 1. The molecule has 0 saturated carbocycles. The SMILES string of the molecule is COc1cccc(-c2cc(C(=O)N3CCC3c3cccc(OC)c3)[nH]n2)c1. The largest absolute Gasteiger partial charge is 0.497 e. The number of aromatic nitrogens is 2. The highest BCUT2D eigenvalue weighted by Crippen LogP contribution is 2.36. The van der Waals surface area contributed by atoms with Crippen LogP contribution in [0.4, 0.5) is 0 Å². The van der Waals surface area contributed by atoms with Gasteiger partial charge in [0.25, 0.3) is 5.91 Å². The molecule has 1 N–H and O–H groups in total. The summed E-state index contributed by atoms with van der Waals surface area (Å²) in [7, 11) is 3.27. The van der Waals surface area contributed by atoms with E-state index in [9.17, 15) is 4.79 Å². The van der Waals surface area contributed by atoms with Crippen LogP contribution in [0.5, 0.6) is 11.5 Å². The number of H-pyrrole nitrogens is 1. The van der Waals surface area contributed by atoms with Crippen molar-refractivity contribution in [2.75, 3.05) is 20.8 Å². The average Bonchev–Trinajstić information content (AvgIpc) is 3.18. The quantitative estimate of drug-likeness (QED) is 0.751. The highest BCUT2D eigenvalue weighted by Gasteiger charge is 2.34. The fourth-order valence-electron chi connectivity index (χ4n) is 3.34. The lowest BCUT2D eigenvalue weighted by atomic mass is 9.94. The fourth-order valence-corrected chi connectivity index (χ4v) is 3.34. The molecular formula is C21H21N3O3. The molecule has 1 aliphatic heterocycles. The van der Waals surface area contributed by atoms with Crippen molar-refractivity contribution in [3.05, 3.63) is 65.9 Å². The minimum absolute atomic E-state index is 0.0456. The third-order valence-electron chi connectivity index (χ3n) is 4.93. The zero-order valence-electron chi connectivity index (χ0n) is 15.3. The lowest BCUT2D eigenvalue weighted by Crippen LogP contribution is -2.45. The summed E-state index contributed by atoms with van der Waals surface area (Å²) in [6.07, 6.45) is 0.940. The van der Waals surface area contributed by atoms with Gasteiger partial charge in [0.2, 0.25) is 0 Å². The molecule has 6 nitrogen and oxygen atoms in total. The van der Waals surface area contributed by atoms with Gasteiger partial charge in [0, 0.05) is 12.1 Å². The van der Waals surface area contributed by atoms with Crippen LogP contribution >= 0.6 is 0 Å². The highest BCUT2D eigenvalue weighted by atomic mass is 16.5. The van der Waals surface area contributed by atoms with E-state index in [1.165, 1.54) is 0 Å². The Morgan fingerprint density at radius 1 is 1.07 bits per heavy atom. The van der Waals surface area contributed by atoms with Gasteiger partial charge in [-0.05, 0) is 42.3 Å². The van der Waals surface area contributed by atoms with E-state index in [1.54, 1.807) is 20.3 Å². The van der Waals surface area contributed by atoms with Gasteiger partial charge < -0.3 is 14.4 Å². The number of carbonyl (C=O) groups excluding carboxylic acids is 1. The average molecular weight is 363 g/mol. The van der Waals surface area contributed by atoms with E-state index in [2.05, 4.69) is 10.2 Å². The fraction of sp³-hybridized carbons (Fsp3) is 0.238. The number of ether oxygens (including phenoxy) is 2. The van der Waals surface area contributed by atoms with Crippen molar-refractivity contribution < 1.29 is 14.3 Å². The summed E-state index contributed by atoms with van der Waals surface area (Å²) < 4.78 is 10.5. The molecule has 0 bridgehead atoms. The normalized spacial score (nSPS) is 15.9. The molecule has 1 saturated heterocycles. The monoisotopic (exact) mass is 363 g/mol. The number of hydrogen-bond donors (Lipinski definition) is 1. The van der Waals surface area contributed by atoms with Gasteiger partial charge in [-0.2, -0.15) is 5.10 Å². The Morgan fingerprint density at radius 2 is 1.81 bits per heavy atom. The van der Waals surface area contributed by atoms with Crippen molar-refractivity contribution in [1.29, 1.82) is 0 Å². The molecule has 6 heteroatoms. The maximum Gasteiger partial charge on any atom is 0.272 e. The van der Waals surface area contributed by atoms with Crippen LogP contribution in [-0.2, 0) is 0 Å². The molecular weight excluding hydrogens is 342 g/mol. The molecule has 138 valence electrons. The minimum atomic E-state index is -0.0456. The Morgan fingerprint density at radius 3 is 2.52 bits per heavy atom. The number of nitrogens with one attached hydrogen (secondary N) is 1. The van der Waals surface area contributed by atoms with Gasteiger partial charge >= 0.3 is 0 Å². The predicted molar refractivity (Wildman–Crippen MR) is 102 cm³/mol. The lowest BCUT2D eigenvalue weighted by molar-refractivity contribution is 0.0453. The second-order valence-corrected chi connectivity index (χ2v) is 6.48. The van der Waals surface area contributed by atoms with Crippen molar-refractivity contribution in [3.8, 4) is 22.8 Å². The third-order valence-corrected chi connectivity index (χ3v) is 4.93. The van der Waals surface area contributed by atoms with Crippen LogP contribution in [0.15, 0.2) is 54.6 Å². The highest BCUT2D eigenvalue weighted by molar-refractivity contribution is 5.94. The number of hydrogen-bond acceptors (Lipinski definition) is 4. The van der Waals surface area contributed by atoms with E-state index in [-0.39, 0.29) is 11.9 Å². The topological polar surface area (TPSA) is 67.4 Å². The van der Waals surface area contributed by atoms with Gasteiger partial charge in [0.1, 0.15) is 17.2 Å². The van der Waals surface area contributed by atoms with Crippen LogP contribution in [0.3, 0.4) is 0 Å². The van der Waals surface area contributed by atoms with Crippen LogP contribution in [-0.4, -0.2) is 41.8 Å². The van der Waals surface area contributed by atoms with E-state index in [1.807, 2.05) is 53.4 Å². The predicted octanol–water partition coefficient (Wildman–Crippen LogP) is 3.68. The summed E-state index contributed by atoms with van der Waals surface area (Å²) in [4.78, 5) is 14.8. The number of likely N-dealkylation sites (tertiary alicyclic amines) is 1. The number of benzene rings is 2. The first-order valence-electron chi connectivity index (χ1n) is 8.84. The number of aromatic amines is 1.